The Labute approximate surface area is 118 Å². The molecule has 0 N–H and O–H groups in total. The van der Waals surface area contributed by atoms with Crippen molar-refractivity contribution >= 4 is 0 Å². The molecule has 0 radical (unpaired) electrons. The van der Waals surface area contributed by atoms with Crippen LogP contribution < -0.4 is 0 Å². The minimum Gasteiger partial charge on any atom is -0.376 e. The van der Waals surface area contributed by atoms with Gasteiger partial charge in [0.15, 0.2) is 0 Å². The van der Waals surface area contributed by atoms with Crippen LogP contribution in [0.25, 0.3) is 0 Å². The maximum atomic E-state index is 5.70. The zero-order valence-corrected chi connectivity index (χ0v) is 11.9. The Morgan fingerprint density at radius 3 is 1.55 bits per heavy atom. The van der Waals surface area contributed by atoms with E-state index in [1.54, 1.807) is 0 Å². The van der Waals surface area contributed by atoms with Crippen LogP contribution in [0.1, 0.15) is 35.0 Å². The van der Waals surface area contributed by atoms with Crippen molar-refractivity contribution in [3.05, 3.63) is 22.8 Å². The Hall–Kier alpha value is -1.08. The highest BCUT2D eigenvalue weighted by Gasteiger charge is 2.25. The molecule has 110 valence electrons. The predicted octanol–water partition coefficient (Wildman–Crippen LogP) is 1.27. The summed E-state index contributed by atoms with van der Waals surface area (Å²) in [6.07, 6.45) is -0.236. The maximum absolute atomic E-state index is 5.70. The fourth-order valence-corrected chi connectivity index (χ4v) is 2.54. The lowest BCUT2D eigenvalue weighted by Crippen LogP contribution is -2.27. The highest BCUT2D eigenvalue weighted by atomic mass is 16.6. The standard InChI is InChI=1S/C14H20N2O4/c1-9-13(11-7-17-3-5-19-11)16-10(2)14(15-9)12-8-18-4-6-20-12/h11-12H,3-8H2,1-2H3/t11-,12-/m0/s1. The van der Waals surface area contributed by atoms with Crippen molar-refractivity contribution in [3.8, 4) is 0 Å². The van der Waals surface area contributed by atoms with Crippen molar-refractivity contribution in [1.29, 1.82) is 0 Å². The molecule has 3 rings (SSSR count). The van der Waals surface area contributed by atoms with Crippen LogP contribution in [0.2, 0.25) is 0 Å². The van der Waals surface area contributed by atoms with Crippen LogP contribution in [0.3, 0.4) is 0 Å². The summed E-state index contributed by atoms with van der Waals surface area (Å²) >= 11 is 0. The van der Waals surface area contributed by atoms with Crippen molar-refractivity contribution in [3.63, 3.8) is 0 Å². The predicted molar refractivity (Wildman–Crippen MR) is 70.5 cm³/mol. The van der Waals surface area contributed by atoms with Crippen molar-refractivity contribution in [2.75, 3.05) is 39.6 Å². The Bertz CT molecular complexity index is 425. The molecule has 6 heteroatoms. The maximum Gasteiger partial charge on any atom is 0.125 e. The molecule has 2 aliphatic rings. The molecular weight excluding hydrogens is 260 g/mol. The minimum absolute atomic E-state index is 0.118. The molecule has 0 aliphatic carbocycles. The first-order valence-electron chi connectivity index (χ1n) is 6.99. The van der Waals surface area contributed by atoms with E-state index in [4.69, 9.17) is 18.9 Å². The topological polar surface area (TPSA) is 62.7 Å². The summed E-state index contributed by atoms with van der Waals surface area (Å²) < 4.78 is 22.3. The van der Waals surface area contributed by atoms with Crippen LogP contribution in [0.15, 0.2) is 0 Å². The van der Waals surface area contributed by atoms with Gasteiger partial charge in [0.2, 0.25) is 0 Å². The smallest absolute Gasteiger partial charge is 0.125 e. The van der Waals surface area contributed by atoms with Gasteiger partial charge < -0.3 is 18.9 Å². The molecular formula is C14H20N2O4. The van der Waals surface area contributed by atoms with Crippen molar-refractivity contribution in [2.24, 2.45) is 0 Å². The summed E-state index contributed by atoms with van der Waals surface area (Å²) in [5.74, 6) is 0. The van der Waals surface area contributed by atoms with E-state index in [0.29, 0.717) is 39.6 Å². The van der Waals surface area contributed by atoms with Crippen LogP contribution in [-0.4, -0.2) is 49.6 Å². The number of aromatic nitrogens is 2. The van der Waals surface area contributed by atoms with E-state index in [1.807, 2.05) is 13.8 Å². The summed E-state index contributed by atoms with van der Waals surface area (Å²) in [4.78, 5) is 9.34. The summed E-state index contributed by atoms with van der Waals surface area (Å²) in [6, 6.07) is 0. The monoisotopic (exact) mass is 280 g/mol. The lowest BCUT2D eigenvalue weighted by atomic mass is 10.1. The number of ether oxygens (including phenoxy) is 4. The van der Waals surface area contributed by atoms with Crippen LogP contribution in [0, 0.1) is 13.8 Å². The van der Waals surface area contributed by atoms with Gasteiger partial charge in [-0.1, -0.05) is 0 Å². The SMILES string of the molecule is Cc1nc([C@@H]2COCCO2)c(C)nc1[C@@H]1COCCO1. The molecule has 6 nitrogen and oxygen atoms in total. The molecule has 20 heavy (non-hydrogen) atoms. The molecule has 0 amide bonds. The van der Waals surface area contributed by atoms with E-state index in [0.717, 1.165) is 22.8 Å². The van der Waals surface area contributed by atoms with Gasteiger partial charge in [-0.25, -0.2) is 0 Å². The van der Waals surface area contributed by atoms with E-state index >= 15 is 0 Å². The fourth-order valence-electron chi connectivity index (χ4n) is 2.54. The first kappa shape index (κ1) is 13.9. The van der Waals surface area contributed by atoms with Crippen LogP contribution in [0.4, 0.5) is 0 Å². The molecule has 0 spiro atoms. The van der Waals surface area contributed by atoms with Gasteiger partial charge in [-0.05, 0) is 13.8 Å². The molecule has 3 heterocycles. The first-order chi connectivity index (χ1) is 9.75. The van der Waals surface area contributed by atoms with Gasteiger partial charge in [0, 0.05) is 0 Å². The fraction of sp³-hybridized carbons (Fsp3) is 0.714. The van der Waals surface area contributed by atoms with Gasteiger partial charge >= 0.3 is 0 Å². The Morgan fingerprint density at radius 1 is 0.750 bits per heavy atom. The van der Waals surface area contributed by atoms with Crippen molar-refractivity contribution in [1.82, 2.24) is 9.97 Å². The van der Waals surface area contributed by atoms with Gasteiger partial charge in [-0.3, -0.25) is 9.97 Å². The molecule has 0 unspecified atom stereocenters. The van der Waals surface area contributed by atoms with Gasteiger partial charge in [-0.2, -0.15) is 0 Å². The number of nitrogens with zero attached hydrogens (tertiary/aromatic N) is 2. The molecule has 2 saturated heterocycles. The van der Waals surface area contributed by atoms with Crippen LogP contribution in [-0.2, 0) is 18.9 Å². The minimum atomic E-state index is -0.118. The number of hydrogen-bond acceptors (Lipinski definition) is 6. The molecule has 1 aromatic rings. The van der Waals surface area contributed by atoms with E-state index in [-0.39, 0.29) is 12.2 Å². The van der Waals surface area contributed by atoms with Crippen molar-refractivity contribution < 1.29 is 18.9 Å². The van der Waals surface area contributed by atoms with E-state index < -0.39 is 0 Å². The first-order valence-corrected chi connectivity index (χ1v) is 6.99. The second-order valence-corrected chi connectivity index (χ2v) is 5.03. The third kappa shape index (κ3) is 2.83. The second kappa shape index (κ2) is 6.13. The van der Waals surface area contributed by atoms with Crippen molar-refractivity contribution in [2.45, 2.75) is 26.1 Å². The Balaban J connectivity index is 1.85. The van der Waals surface area contributed by atoms with Gasteiger partial charge in [-0.15, -0.1) is 0 Å². The van der Waals surface area contributed by atoms with Gasteiger partial charge in [0.1, 0.15) is 12.2 Å². The third-order valence-corrected chi connectivity index (χ3v) is 3.56. The molecule has 0 saturated carbocycles. The second-order valence-electron chi connectivity index (χ2n) is 5.03. The molecule has 2 fully saturated rings. The van der Waals surface area contributed by atoms with Crippen LogP contribution in [0.5, 0.6) is 0 Å². The lowest BCUT2D eigenvalue weighted by molar-refractivity contribution is -0.0946. The number of aryl methyl sites for hydroxylation is 2. The zero-order valence-electron chi connectivity index (χ0n) is 11.9. The molecule has 1 aromatic heterocycles. The largest absolute Gasteiger partial charge is 0.376 e. The molecule has 2 aliphatic heterocycles. The lowest BCUT2D eigenvalue weighted by Gasteiger charge is -2.26. The summed E-state index contributed by atoms with van der Waals surface area (Å²) in [7, 11) is 0. The van der Waals surface area contributed by atoms with E-state index in [2.05, 4.69) is 9.97 Å². The Morgan fingerprint density at radius 2 is 1.20 bits per heavy atom. The third-order valence-electron chi connectivity index (χ3n) is 3.56. The van der Waals surface area contributed by atoms with Gasteiger partial charge in [0.05, 0.1) is 62.4 Å². The summed E-state index contributed by atoms with van der Waals surface area (Å²) in [5, 5.41) is 0. The quantitative estimate of drug-likeness (QED) is 0.813. The highest BCUT2D eigenvalue weighted by Crippen LogP contribution is 2.26. The number of hydrogen-bond donors (Lipinski definition) is 0. The molecule has 2 atom stereocenters. The summed E-state index contributed by atoms with van der Waals surface area (Å²) in [6.45, 7) is 7.48. The van der Waals surface area contributed by atoms with E-state index in [1.165, 1.54) is 0 Å². The summed E-state index contributed by atoms with van der Waals surface area (Å²) in [5.41, 5.74) is 3.47. The number of rotatable bonds is 2. The zero-order chi connectivity index (χ0) is 13.9. The average Bonchev–Trinajstić information content (AvgIpc) is 2.51. The Kier molecular flexibility index (Phi) is 4.26. The molecule has 0 bridgehead atoms. The average molecular weight is 280 g/mol. The highest BCUT2D eigenvalue weighted by molar-refractivity contribution is 5.23. The molecule has 0 aromatic carbocycles. The normalized spacial score (nSPS) is 27.5. The van der Waals surface area contributed by atoms with Crippen LogP contribution >= 0.6 is 0 Å². The van der Waals surface area contributed by atoms with Gasteiger partial charge in [0.25, 0.3) is 0 Å². The van der Waals surface area contributed by atoms with E-state index in [9.17, 15) is 0 Å².